The lowest BCUT2D eigenvalue weighted by Crippen LogP contribution is -2.08. The highest BCUT2D eigenvalue weighted by atomic mass is 15.2. The molecule has 0 spiro atoms. The van der Waals surface area contributed by atoms with Crippen molar-refractivity contribution < 1.29 is 0 Å². The summed E-state index contributed by atoms with van der Waals surface area (Å²) < 4.78 is 0. The van der Waals surface area contributed by atoms with Crippen LogP contribution in [0.4, 0.5) is 0 Å². The summed E-state index contributed by atoms with van der Waals surface area (Å²) in [4.78, 5) is 4.19. The molecule has 0 saturated carbocycles. The first kappa shape index (κ1) is 8.20. The molecule has 2 N–H and O–H groups in total. The van der Waals surface area contributed by atoms with E-state index in [2.05, 4.69) is 20.5 Å². The van der Waals surface area contributed by atoms with Crippen LogP contribution in [0.5, 0.6) is 0 Å². The molecule has 1 rings (SSSR count). The Balaban J connectivity index is 2.27. The summed E-state index contributed by atoms with van der Waals surface area (Å²) in [6.45, 7) is 2.93. The summed E-state index contributed by atoms with van der Waals surface area (Å²) in [6.07, 6.45) is 2.04. The molecule has 1 aromatic heterocycles. The Morgan fingerprint density at radius 3 is 2.91 bits per heavy atom. The van der Waals surface area contributed by atoms with Crippen molar-refractivity contribution >= 4 is 0 Å². The first-order valence-corrected chi connectivity index (χ1v) is 3.85. The summed E-state index contributed by atoms with van der Waals surface area (Å²) in [5.74, 6) is 1.81. The molecule has 1 aromatic rings. The molecule has 62 valence electrons. The van der Waals surface area contributed by atoms with Crippen LogP contribution in [0.15, 0.2) is 0 Å². The molecule has 0 unspecified atom stereocenters. The number of nitrogens with one attached hydrogen (secondary N) is 2. The number of H-pyrrole nitrogens is 1. The number of rotatable bonds is 4. The third-order valence-electron chi connectivity index (χ3n) is 1.47. The van der Waals surface area contributed by atoms with Crippen molar-refractivity contribution in [1.82, 2.24) is 20.5 Å². The lowest BCUT2D eigenvalue weighted by atomic mass is 10.3. The topological polar surface area (TPSA) is 53.6 Å². The summed E-state index contributed by atoms with van der Waals surface area (Å²) >= 11 is 0. The fourth-order valence-electron chi connectivity index (χ4n) is 0.924. The Morgan fingerprint density at radius 1 is 1.55 bits per heavy atom. The van der Waals surface area contributed by atoms with Gasteiger partial charge in [-0.2, -0.15) is 5.10 Å². The van der Waals surface area contributed by atoms with Gasteiger partial charge in [-0.1, -0.05) is 0 Å². The average molecular weight is 154 g/mol. The third-order valence-corrected chi connectivity index (χ3v) is 1.47. The minimum atomic E-state index is 0.893. The van der Waals surface area contributed by atoms with E-state index in [9.17, 15) is 0 Å². The Bertz CT molecular complexity index is 206. The van der Waals surface area contributed by atoms with Crippen LogP contribution in [0.25, 0.3) is 0 Å². The van der Waals surface area contributed by atoms with Crippen LogP contribution >= 0.6 is 0 Å². The van der Waals surface area contributed by atoms with Crippen LogP contribution in [-0.2, 0) is 6.42 Å². The van der Waals surface area contributed by atoms with E-state index in [0.29, 0.717) is 0 Å². The number of aromatic nitrogens is 3. The molecule has 0 aliphatic heterocycles. The maximum Gasteiger partial charge on any atom is 0.150 e. The minimum absolute atomic E-state index is 0.893. The highest BCUT2D eigenvalue weighted by Gasteiger charge is 1.97. The predicted octanol–water partition coefficient (Wildman–Crippen LogP) is 0.265. The van der Waals surface area contributed by atoms with Crippen molar-refractivity contribution in [2.45, 2.75) is 19.8 Å². The number of nitrogens with zero attached hydrogens (tertiary/aromatic N) is 2. The first-order chi connectivity index (χ1) is 5.33. The van der Waals surface area contributed by atoms with Gasteiger partial charge in [0.05, 0.1) is 0 Å². The second kappa shape index (κ2) is 4.08. The van der Waals surface area contributed by atoms with Crippen molar-refractivity contribution in [3.05, 3.63) is 11.6 Å². The summed E-state index contributed by atoms with van der Waals surface area (Å²) in [7, 11) is 1.95. The van der Waals surface area contributed by atoms with Crippen molar-refractivity contribution in [2.75, 3.05) is 13.6 Å². The van der Waals surface area contributed by atoms with Crippen LogP contribution in [0.2, 0.25) is 0 Å². The van der Waals surface area contributed by atoms with Gasteiger partial charge < -0.3 is 5.32 Å². The molecular formula is C7H14N4. The Morgan fingerprint density at radius 2 is 2.36 bits per heavy atom. The molecular weight excluding hydrogens is 140 g/mol. The number of aryl methyl sites for hydroxylation is 2. The zero-order chi connectivity index (χ0) is 8.10. The van der Waals surface area contributed by atoms with Crippen molar-refractivity contribution in [3.63, 3.8) is 0 Å². The molecule has 0 radical (unpaired) electrons. The molecule has 11 heavy (non-hydrogen) atoms. The van der Waals surface area contributed by atoms with Gasteiger partial charge in [0, 0.05) is 6.42 Å². The van der Waals surface area contributed by atoms with E-state index in [0.717, 1.165) is 31.0 Å². The fourth-order valence-corrected chi connectivity index (χ4v) is 0.924. The molecule has 0 bridgehead atoms. The minimum Gasteiger partial charge on any atom is -0.320 e. The smallest absolute Gasteiger partial charge is 0.150 e. The molecule has 0 aliphatic carbocycles. The fraction of sp³-hybridized carbons (Fsp3) is 0.714. The zero-order valence-electron chi connectivity index (χ0n) is 7.02. The molecule has 0 atom stereocenters. The van der Waals surface area contributed by atoms with Crippen molar-refractivity contribution in [1.29, 1.82) is 0 Å². The first-order valence-electron chi connectivity index (χ1n) is 3.85. The van der Waals surface area contributed by atoms with Crippen LogP contribution < -0.4 is 5.32 Å². The van der Waals surface area contributed by atoms with E-state index in [1.807, 2.05) is 14.0 Å². The number of hydrogen-bond acceptors (Lipinski definition) is 3. The van der Waals surface area contributed by atoms with Crippen LogP contribution in [-0.4, -0.2) is 28.8 Å². The van der Waals surface area contributed by atoms with E-state index in [1.165, 1.54) is 0 Å². The van der Waals surface area contributed by atoms with Crippen LogP contribution in [0, 0.1) is 6.92 Å². The third kappa shape index (κ3) is 2.67. The normalized spacial score (nSPS) is 10.4. The summed E-state index contributed by atoms with van der Waals surface area (Å²) in [6, 6.07) is 0. The average Bonchev–Trinajstić information content (AvgIpc) is 2.37. The molecule has 1 heterocycles. The van der Waals surface area contributed by atoms with Crippen molar-refractivity contribution in [2.24, 2.45) is 0 Å². The molecule has 0 amide bonds. The van der Waals surface area contributed by atoms with E-state index in [4.69, 9.17) is 0 Å². The monoisotopic (exact) mass is 154 g/mol. The maximum atomic E-state index is 4.19. The Hall–Kier alpha value is -0.900. The maximum absolute atomic E-state index is 4.19. The molecule has 0 aliphatic rings. The van der Waals surface area contributed by atoms with Crippen LogP contribution in [0.3, 0.4) is 0 Å². The summed E-state index contributed by atoms with van der Waals surface area (Å²) in [5.41, 5.74) is 0. The number of aromatic amines is 1. The second-order valence-electron chi connectivity index (χ2n) is 2.54. The molecule has 4 nitrogen and oxygen atoms in total. The van der Waals surface area contributed by atoms with E-state index in [1.54, 1.807) is 0 Å². The van der Waals surface area contributed by atoms with Gasteiger partial charge in [-0.3, -0.25) is 5.10 Å². The van der Waals surface area contributed by atoms with E-state index < -0.39 is 0 Å². The SMILES string of the molecule is CNCCCc1n[nH]c(C)n1. The quantitative estimate of drug-likeness (QED) is 0.612. The Kier molecular flexibility index (Phi) is 3.04. The van der Waals surface area contributed by atoms with E-state index in [-0.39, 0.29) is 0 Å². The van der Waals surface area contributed by atoms with Gasteiger partial charge in [0.15, 0.2) is 5.82 Å². The predicted molar refractivity (Wildman–Crippen MR) is 43.4 cm³/mol. The van der Waals surface area contributed by atoms with Gasteiger partial charge in [-0.15, -0.1) is 0 Å². The largest absolute Gasteiger partial charge is 0.320 e. The second-order valence-corrected chi connectivity index (χ2v) is 2.54. The lowest BCUT2D eigenvalue weighted by Gasteiger charge is -1.93. The molecule has 0 aromatic carbocycles. The van der Waals surface area contributed by atoms with Gasteiger partial charge in [-0.05, 0) is 26.9 Å². The number of hydrogen-bond donors (Lipinski definition) is 2. The van der Waals surface area contributed by atoms with Gasteiger partial charge in [-0.25, -0.2) is 4.98 Å². The van der Waals surface area contributed by atoms with Gasteiger partial charge >= 0.3 is 0 Å². The van der Waals surface area contributed by atoms with Gasteiger partial charge in [0.1, 0.15) is 5.82 Å². The lowest BCUT2D eigenvalue weighted by molar-refractivity contribution is 0.704. The zero-order valence-corrected chi connectivity index (χ0v) is 7.02. The van der Waals surface area contributed by atoms with Gasteiger partial charge in [0.25, 0.3) is 0 Å². The molecule has 4 heteroatoms. The molecule has 0 fully saturated rings. The highest BCUT2D eigenvalue weighted by molar-refractivity contribution is 4.87. The Labute approximate surface area is 66.4 Å². The summed E-state index contributed by atoms with van der Waals surface area (Å²) in [5, 5.41) is 9.92. The molecule has 0 saturated heterocycles. The standard InChI is InChI=1S/C7H14N4/c1-6-9-7(11-10-6)4-3-5-8-2/h8H,3-5H2,1-2H3,(H,9,10,11). The highest BCUT2D eigenvalue weighted by Crippen LogP contribution is 1.94. The van der Waals surface area contributed by atoms with Crippen LogP contribution in [0.1, 0.15) is 18.1 Å². The van der Waals surface area contributed by atoms with E-state index >= 15 is 0 Å². The van der Waals surface area contributed by atoms with Gasteiger partial charge in [0.2, 0.25) is 0 Å². The van der Waals surface area contributed by atoms with Crippen molar-refractivity contribution in [3.8, 4) is 0 Å².